The molecule has 0 aromatic heterocycles. The van der Waals surface area contributed by atoms with Crippen molar-refractivity contribution in [2.24, 2.45) is 0 Å². The smallest absolute Gasteiger partial charge is 0.165 e. The monoisotopic (exact) mass is 272 g/mol. The highest BCUT2D eigenvalue weighted by molar-refractivity contribution is 6.32. The van der Waals surface area contributed by atoms with E-state index in [2.05, 4.69) is 0 Å². The third kappa shape index (κ3) is 4.64. The molecule has 0 saturated carbocycles. The number of Topliss-reactive ketones (excluding diaryl/α,β-unsaturated/α-hetero) is 1. The van der Waals surface area contributed by atoms with Crippen LogP contribution in [-0.2, 0) is 9.47 Å². The molecule has 0 fully saturated rings. The number of carbonyl (C=O) groups is 1. The van der Waals surface area contributed by atoms with Crippen molar-refractivity contribution in [1.82, 2.24) is 0 Å². The standard InChI is InChI=1S/C13H17ClO4/c1-16-7-8-18-6-5-12(15)10-3-4-11(14)13(9-10)17-2/h3-4,9H,5-8H2,1-2H3. The van der Waals surface area contributed by atoms with Crippen molar-refractivity contribution in [2.45, 2.75) is 6.42 Å². The van der Waals surface area contributed by atoms with Crippen LogP contribution in [0.3, 0.4) is 0 Å². The summed E-state index contributed by atoms with van der Waals surface area (Å²) in [6.45, 7) is 1.41. The Morgan fingerprint density at radius 1 is 1.22 bits per heavy atom. The molecule has 0 N–H and O–H groups in total. The Hall–Kier alpha value is -1.10. The summed E-state index contributed by atoms with van der Waals surface area (Å²) in [5.74, 6) is 0.505. The van der Waals surface area contributed by atoms with Gasteiger partial charge < -0.3 is 14.2 Å². The van der Waals surface area contributed by atoms with Gasteiger partial charge in [-0.05, 0) is 18.2 Å². The molecule has 1 aromatic carbocycles. The Bertz CT molecular complexity index is 393. The van der Waals surface area contributed by atoms with Crippen LogP contribution in [0.4, 0.5) is 0 Å². The van der Waals surface area contributed by atoms with E-state index in [1.165, 1.54) is 7.11 Å². The van der Waals surface area contributed by atoms with Gasteiger partial charge in [0.2, 0.25) is 0 Å². The minimum Gasteiger partial charge on any atom is -0.495 e. The summed E-state index contributed by atoms with van der Waals surface area (Å²) in [6, 6.07) is 4.97. The lowest BCUT2D eigenvalue weighted by Crippen LogP contribution is -2.08. The quantitative estimate of drug-likeness (QED) is 0.539. The molecule has 0 atom stereocenters. The van der Waals surface area contributed by atoms with Crippen molar-refractivity contribution < 1.29 is 19.0 Å². The second-order valence-electron chi connectivity index (χ2n) is 3.63. The fourth-order valence-corrected chi connectivity index (χ4v) is 1.58. The van der Waals surface area contributed by atoms with Crippen molar-refractivity contribution >= 4 is 17.4 Å². The lowest BCUT2D eigenvalue weighted by molar-refractivity contribution is 0.0641. The molecule has 1 rings (SSSR count). The largest absolute Gasteiger partial charge is 0.495 e. The van der Waals surface area contributed by atoms with E-state index in [1.807, 2.05) is 0 Å². The van der Waals surface area contributed by atoms with E-state index in [1.54, 1.807) is 25.3 Å². The van der Waals surface area contributed by atoms with Gasteiger partial charge in [0, 0.05) is 19.1 Å². The zero-order valence-electron chi connectivity index (χ0n) is 10.6. The SMILES string of the molecule is COCCOCCC(=O)c1ccc(Cl)c(OC)c1. The molecule has 0 aliphatic heterocycles. The first kappa shape index (κ1) is 15.0. The molecule has 0 amide bonds. The molecule has 0 heterocycles. The first-order valence-electron chi connectivity index (χ1n) is 5.62. The molecule has 0 radical (unpaired) electrons. The van der Waals surface area contributed by atoms with Crippen LogP contribution in [0, 0.1) is 0 Å². The molecule has 1 aromatic rings. The topological polar surface area (TPSA) is 44.8 Å². The number of hydrogen-bond donors (Lipinski definition) is 0. The number of methoxy groups -OCH3 is 2. The third-order valence-electron chi connectivity index (χ3n) is 2.38. The lowest BCUT2D eigenvalue weighted by Gasteiger charge is -2.06. The van der Waals surface area contributed by atoms with Gasteiger partial charge in [-0.2, -0.15) is 0 Å². The van der Waals surface area contributed by atoms with E-state index >= 15 is 0 Å². The molecule has 0 bridgehead atoms. The zero-order chi connectivity index (χ0) is 13.4. The molecule has 4 nitrogen and oxygen atoms in total. The summed E-state index contributed by atoms with van der Waals surface area (Å²) in [7, 11) is 3.12. The van der Waals surface area contributed by atoms with Gasteiger partial charge in [0.25, 0.3) is 0 Å². The maximum atomic E-state index is 11.8. The Balaban J connectivity index is 2.46. The first-order valence-corrected chi connectivity index (χ1v) is 6.00. The maximum Gasteiger partial charge on any atom is 0.165 e. The predicted octanol–water partition coefficient (Wildman–Crippen LogP) is 2.58. The van der Waals surface area contributed by atoms with Crippen molar-refractivity contribution in [3.8, 4) is 5.75 Å². The van der Waals surface area contributed by atoms with Crippen LogP contribution in [0.15, 0.2) is 18.2 Å². The van der Waals surface area contributed by atoms with Crippen LogP contribution in [0.5, 0.6) is 5.75 Å². The lowest BCUT2D eigenvalue weighted by atomic mass is 10.1. The third-order valence-corrected chi connectivity index (χ3v) is 2.69. The second-order valence-corrected chi connectivity index (χ2v) is 4.03. The van der Waals surface area contributed by atoms with Crippen LogP contribution in [0.25, 0.3) is 0 Å². The van der Waals surface area contributed by atoms with Crippen LogP contribution in [0.1, 0.15) is 16.8 Å². The fraction of sp³-hybridized carbons (Fsp3) is 0.462. The van der Waals surface area contributed by atoms with Gasteiger partial charge in [-0.15, -0.1) is 0 Å². The maximum absolute atomic E-state index is 11.8. The second kappa shape index (κ2) is 8.08. The molecular weight excluding hydrogens is 256 g/mol. The molecule has 100 valence electrons. The first-order chi connectivity index (χ1) is 8.69. The number of hydrogen-bond acceptors (Lipinski definition) is 4. The van der Waals surface area contributed by atoms with Crippen LogP contribution in [-0.4, -0.2) is 39.8 Å². The van der Waals surface area contributed by atoms with Gasteiger partial charge in [-0.1, -0.05) is 11.6 Å². The summed E-state index contributed by atoms with van der Waals surface area (Å²) in [5, 5.41) is 0.491. The number of rotatable bonds is 8. The van der Waals surface area contributed by atoms with Gasteiger partial charge >= 0.3 is 0 Å². The van der Waals surface area contributed by atoms with E-state index in [4.69, 9.17) is 25.8 Å². The normalized spacial score (nSPS) is 10.4. The van der Waals surface area contributed by atoms with Crippen LogP contribution >= 0.6 is 11.6 Å². The Morgan fingerprint density at radius 2 is 2.00 bits per heavy atom. The van der Waals surface area contributed by atoms with Gasteiger partial charge in [0.15, 0.2) is 5.78 Å². The van der Waals surface area contributed by atoms with Crippen LogP contribution in [0.2, 0.25) is 5.02 Å². The summed E-state index contributed by atoms with van der Waals surface area (Å²) in [5.41, 5.74) is 0.576. The van der Waals surface area contributed by atoms with E-state index in [0.29, 0.717) is 42.6 Å². The molecule has 18 heavy (non-hydrogen) atoms. The van der Waals surface area contributed by atoms with Gasteiger partial charge in [-0.3, -0.25) is 4.79 Å². The number of carbonyl (C=O) groups excluding carboxylic acids is 1. The highest BCUT2D eigenvalue weighted by atomic mass is 35.5. The van der Waals surface area contributed by atoms with Gasteiger partial charge in [0.1, 0.15) is 5.75 Å². The highest BCUT2D eigenvalue weighted by Crippen LogP contribution is 2.25. The van der Waals surface area contributed by atoms with E-state index in [0.717, 1.165) is 0 Å². The average molecular weight is 273 g/mol. The molecule has 0 spiro atoms. The van der Waals surface area contributed by atoms with Crippen molar-refractivity contribution in [3.05, 3.63) is 28.8 Å². The molecule has 0 saturated heterocycles. The molecule has 0 unspecified atom stereocenters. The summed E-state index contributed by atoms with van der Waals surface area (Å²) >= 11 is 5.89. The van der Waals surface area contributed by atoms with Crippen molar-refractivity contribution in [2.75, 3.05) is 34.0 Å². The fourth-order valence-electron chi connectivity index (χ4n) is 1.39. The minimum absolute atomic E-state index is 0.00221. The van der Waals surface area contributed by atoms with Crippen molar-refractivity contribution in [3.63, 3.8) is 0 Å². The zero-order valence-corrected chi connectivity index (χ0v) is 11.3. The summed E-state index contributed by atoms with van der Waals surface area (Å²) < 4.78 is 15.1. The minimum atomic E-state index is 0.00221. The molecule has 5 heteroatoms. The summed E-state index contributed by atoms with van der Waals surface area (Å²) in [4.78, 5) is 11.8. The Kier molecular flexibility index (Phi) is 6.72. The summed E-state index contributed by atoms with van der Waals surface area (Å²) in [6.07, 6.45) is 0.328. The molecule has 0 aliphatic rings. The highest BCUT2D eigenvalue weighted by Gasteiger charge is 2.09. The Labute approximate surface area is 112 Å². The van der Waals surface area contributed by atoms with E-state index < -0.39 is 0 Å². The van der Waals surface area contributed by atoms with Crippen molar-refractivity contribution in [1.29, 1.82) is 0 Å². The van der Waals surface area contributed by atoms with E-state index in [9.17, 15) is 4.79 Å². The van der Waals surface area contributed by atoms with E-state index in [-0.39, 0.29) is 5.78 Å². The number of ether oxygens (including phenoxy) is 3. The van der Waals surface area contributed by atoms with Gasteiger partial charge in [0.05, 0.1) is 32.0 Å². The molecule has 0 aliphatic carbocycles. The number of halogens is 1. The van der Waals surface area contributed by atoms with Crippen LogP contribution < -0.4 is 4.74 Å². The number of ketones is 1. The Morgan fingerprint density at radius 3 is 2.67 bits per heavy atom. The van der Waals surface area contributed by atoms with Gasteiger partial charge in [-0.25, -0.2) is 0 Å². The number of benzene rings is 1. The average Bonchev–Trinajstić information content (AvgIpc) is 2.38. The predicted molar refractivity (Wildman–Crippen MR) is 69.6 cm³/mol. The molecular formula is C13H17ClO4.